The fourth-order valence-corrected chi connectivity index (χ4v) is 1.40. The molecule has 0 fully saturated rings. The van der Waals surface area contributed by atoms with Crippen molar-refractivity contribution in [2.45, 2.75) is 0 Å². The van der Waals surface area contributed by atoms with Gasteiger partial charge in [0.05, 0.1) is 0 Å². The molecule has 0 radical (unpaired) electrons. The number of H-pyrrole nitrogens is 1. The number of hydrogen-bond donors (Lipinski definition) is 1. The average molecular weight is 125 g/mol. The van der Waals surface area contributed by atoms with Gasteiger partial charge in [0.25, 0.3) is 0 Å². The van der Waals surface area contributed by atoms with E-state index in [9.17, 15) is 0 Å². The van der Waals surface area contributed by atoms with Gasteiger partial charge in [-0.3, -0.25) is 0 Å². The highest BCUT2D eigenvalue weighted by Gasteiger charge is 1.97. The highest BCUT2D eigenvalue weighted by atomic mass is 32.1. The van der Waals surface area contributed by atoms with Crippen molar-refractivity contribution in [3.8, 4) is 0 Å². The third-order valence-corrected chi connectivity index (χ3v) is 1.89. The summed E-state index contributed by atoms with van der Waals surface area (Å²) in [5.74, 6) is 0. The van der Waals surface area contributed by atoms with Crippen molar-refractivity contribution in [3.05, 3.63) is 24.0 Å². The van der Waals surface area contributed by atoms with Crippen LogP contribution in [0.5, 0.6) is 0 Å². The number of nitrogens with zero attached hydrogens (tertiary/aromatic N) is 1. The van der Waals surface area contributed by atoms with Crippen molar-refractivity contribution in [1.82, 2.24) is 4.98 Å². The number of thiazole rings is 1. The Morgan fingerprint density at radius 1 is 1.50 bits per heavy atom. The normalized spacial score (nSPS) is 10.5. The SMILES string of the molecule is c1c[n+]2ccsc2[nH]1. The first kappa shape index (κ1) is 4.09. The fourth-order valence-electron chi connectivity index (χ4n) is 0.704. The molecule has 0 aliphatic carbocycles. The monoisotopic (exact) mass is 125 g/mol. The Kier molecular flexibility index (Phi) is 0.676. The first-order chi connectivity index (χ1) is 3.97. The van der Waals surface area contributed by atoms with Gasteiger partial charge >= 0.3 is 4.96 Å². The number of rotatable bonds is 0. The van der Waals surface area contributed by atoms with Crippen molar-refractivity contribution >= 4 is 16.3 Å². The van der Waals surface area contributed by atoms with Gasteiger partial charge in [-0.05, 0) is 0 Å². The molecule has 8 heavy (non-hydrogen) atoms. The van der Waals surface area contributed by atoms with E-state index in [1.807, 2.05) is 28.4 Å². The standard InChI is InChI=1S/C5H4N2S/c1-2-7-3-4-8-5(7)6-1/h1-4H/p+1. The van der Waals surface area contributed by atoms with E-state index < -0.39 is 0 Å². The molecule has 2 aromatic rings. The second-order valence-electron chi connectivity index (χ2n) is 1.58. The second-order valence-corrected chi connectivity index (χ2v) is 2.47. The van der Waals surface area contributed by atoms with Crippen LogP contribution in [-0.2, 0) is 0 Å². The van der Waals surface area contributed by atoms with Crippen molar-refractivity contribution in [2.24, 2.45) is 0 Å². The molecule has 1 N–H and O–H groups in total. The zero-order chi connectivity index (χ0) is 5.40. The Bertz CT molecular complexity index is 232. The van der Waals surface area contributed by atoms with E-state index in [1.54, 1.807) is 11.3 Å². The molecule has 40 valence electrons. The summed E-state index contributed by atoms with van der Waals surface area (Å²) in [6, 6.07) is 0. The second kappa shape index (κ2) is 1.32. The van der Waals surface area contributed by atoms with Crippen molar-refractivity contribution in [3.63, 3.8) is 0 Å². The molecule has 0 unspecified atom stereocenters. The molecule has 0 spiro atoms. The molecule has 0 bridgehead atoms. The average Bonchev–Trinajstić information content (AvgIpc) is 2.15. The minimum atomic E-state index is 1.19. The van der Waals surface area contributed by atoms with Gasteiger partial charge in [0.2, 0.25) is 0 Å². The highest BCUT2D eigenvalue weighted by molar-refractivity contribution is 7.14. The summed E-state index contributed by atoms with van der Waals surface area (Å²) in [6.07, 6.45) is 5.94. The van der Waals surface area contributed by atoms with E-state index in [0.717, 1.165) is 0 Å². The molecule has 2 rings (SSSR count). The third kappa shape index (κ3) is 0.391. The molecule has 0 aliphatic heterocycles. The van der Waals surface area contributed by atoms with Gasteiger partial charge in [0, 0.05) is 5.38 Å². The van der Waals surface area contributed by atoms with Crippen molar-refractivity contribution in [2.75, 3.05) is 0 Å². The van der Waals surface area contributed by atoms with E-state index in [-0.39, 0.29) is 0 Å². The molecular formula is C5H5N2S+. The van der Waals surface area contributed by atoms with Crippen LogP contribution in [-0.4, -0.2) is 4.98 Å². The van der Waals surface area contributed by atoms with Gasteiger partial charge in [-0.25, -0.2) is 4.98 Å². The van der Waals surface area contributed by atoms with Gasteiger partial charge < -0.3 is 0 Å². The zero-order valence-electron chi connectivity index (χ0n) is 4.16. The molecule has 2 heterocycles. The molecular weight excluding hydrogens is 120 g/mol. The van der Waals surface area contributed by atoms with Crippen LogP contribution in [0.3, 0.4) is 0 Å². The Morgan fingerprint density at radius 3 is 3.38 bits per heavy atom. The first-order valence-electron chi connectivity index (χ1n) is 2.39. The third-order valence-electron chi connectivity index (χ3n) is 1.08. The van der Waals surface area contributed by atoms with E-state index in [2.05, 4.69) is 4.98 Å². The Morgan fingerprint density at radius 2 is 2.50 bits per heavy atom. The largest absolute Gasteiger partial charge is 0.343 e. The number of aromatic nitrogens is 2. The number of hydrogen-bond acceptors (Lipinski definition) is 1. The van der Waals surface area contributed by atoms with Gasteiger partial charge in [0.15, 0.2) is 0 Å². The van der Waals surface area contributed by atoms with Crippen molar-refractivity contribution in [1.29, 1.82) is 0 Å². The van der Waals surface area contributed by atoms with E-state index in [4.69, 9.17) is 0 Å². The molecule has 0 amide bonds. The fraction of sp³-hybridized carbons (Fsp3) is 0. The van der Waals surface area contributed by atoms with Gasteiger partial charge in [0.1, 0.15) is 18.6 Å². The van der Waals surface area contributed by atoms with Crippen LogP contribution >= 0.6 is 11.3 Å². The lowest BCUT2D eigenvalue weighted by Gasteiger charge is -1.61. The minimum absolute atomic E-state index is 1.19. The van der Waals surface area contributed by atoms with Crippen LogP contribution in [0.1, 0.15) is 0 Å². The summed E-state index contributed by atoms with van der Waals surface area (Å²) < 4.78 is 2.05. The van der Waals surface area contributed by atoms with Crippen LogP contribution in [0.25, 0.3) is 4.96 Å². The van der Waals surface area contributed by atoms with Crippen LogP contribution in [0.15, 0.2) is 24.0 Å². The van der Waals surface area contributed by atoms with E-state index in [1.165, 1.54) is 4.96 Å². The smallest absolute Gasteiger partial charge is 0.234 e. The predicted molar refractivity (Wildman–Crippen MR) is 31.8 cm³/mol. The van der Waals surface area contributed by atoms with Gasteiger partial charge in [-0.2, -0.15) is 4.40 Å². The molecule has 0 aromatic carbocycles. The van der Waals surface area contributed by atoms with Gasteiger partial charge in [-0.1, -0.05) is 11.3 Å². The lowest BCUT2D eigenvalue weighted by Crippen LogP contribution is -2.11. The number of imidazole rings is 1. The molecule has 2 nitrogen and oxygen atoms in total. The lowest BCUT2D eigenvalue weighted by molar-refractivity contribution is -0.505. The Labute approximate surface area is 50.4 Å². The lowest BCUT2D eigenvalue weighted by atomic mass is 10.9. The van der Waals surface area contributed by atoms with E-state index >= 15 is 0 Å². The molecule has 0 saturated heterocycles. The summed E-state index contributed by atoms with van der Waals surface area (Å²) in [7, 11) is 0. The minimum Gasteiger partial charge on any atom is -0.234 e. The van der Waals surface area contributed by atoms with E-state index in [0.29, 0.717) is 0 Å². The highest BCUT2D eigenvalue weighted by Crippen LogP contribution is 1.98. The van der Waals surface area contributed by atoms with Gasteiger partial charge in [-0.15, -0.1) is 0 Å². The molecule has 0 atom stereocenters. The summed E-state index contributed by atoms with van der Waals surface area (Å²) in [5, 5.41) is 2.05. The van der Waals surface area contributed by atoms with Crippen LogP contribution < -0.4 is 4.40 Å². The van der Waals surface area contributed by atoms with Crippen molar-refractivity contribution < 1.29 is 4.40 Å². The molecule has 2 aromatic heterocycles. The van der Waals surface area contributed by atoms with Crippen LogP contribution in [0.4, 0.5) is 0 Å². The summed E-state index contributed by atoms with van der Waals surface area (Å²) in [5.41, 5.74) is 0. The summed E-state index contributed by atoms with van der Waals surface area (Å²) in [4.78, 5) is 4.27. The van der Waals surface area contributed by atoms with Crippen LogP contribution in [0.2, 0.25) is 0 Å². The number of aromatic amines is 1. The maximum Gasteiger partial charge on any atom is 0.343 e. The summed E-state index contributed by atoms with van der Waals surface area (Å²) in [6.45, 7) is 0. The predicted octanol–water partition coefficient (Wildman–Crippen LogP) is 0.815. The maximum absolute atomic E-state index is 3.08. The quantitative estimate of drug-likeness (QED) is 0.503. The molecule has 0 saturated carbocycles. The number of nitrogens with one attached hydrogen (secondary N) is 1. The first-order valence-corrected chi connectivity index (χ1v) is 3.26. The Balaban J connectivity index is 3.06. The number of fused-ring (bicyclic) bond motifs is 1. The summed E-state index contributed by atoms with van der Waals surface area (Å²) >= 11 is 1.70. The van der Waals surface area contributed by atoms with Crippen LogP contribution in [0, 0.1) is 0 Å². The topological polar surface area (TPSA) is 19.9 Å². The molecule has 0 aliphatic rings. The zero-order valence-corrected chi connectivity index (χ0v) is 4.98. The molecule has 3 heteroatoms. The maximum atomic E-state index is 3.08. The Hall–Kier alpha value is -0.830.